The highest BCUT2D eigenvalue weighted by atomic mass is 35.5. The summed E-state index contributed by atoms with van der Waals surface area (Å²) in [5, 5.41) is 21.4. The Bertz CT molecular complexity index is 1170. The summed E-state index contributed by atoms with van der Waals surface area (Å²) in [6.07, 6.45) is 1.29. The van der Waals surface area contributed by atoms with Gasteiger partial charge in [-0.05, 0) is 54.6 Å². The molecule has 7 nitrogen and oxygen atoms in total. The zero-order valence-corrected chi connectivity index (χ0v) is 16.4. The second-order valence-electron chi connectivity index (χ2n) is 6.05. The van der Waals surface area contributed by atoms with Crippen molar-refractivity contribution in [3.05, 3.63) is 76.5 Å². The molecule has 30 heavy (non-hydrogen) atoms. The van der Waals surface area contributed by atoms with E-state index >= 15 is 0 Å². The van der Waals surface area contributed by atoms with Crippen LogP contribution in [-0.4, -0.2) is 24.1 Å². The van der Waals surface area contributed by atoms with Crippen molar-refractivity contribution in [1.82, 2.24) is 0 Å². The van der Waals surface area contributed by atoms with Crippen molar-refractivity contribution in [3.8, 4) is 23.1 Å². The smallest absolute Gasteiger partial charge is 0.335 e. The van der Waals surface area contributed by atoms with Gasteiger partial charge in [-0.2, -0.15) is 5.26 Å². The molecule has 0 aliphatic rings. The van der Waals surface area contributed by atoms with Gasteiger partial charge >= 0.3 is 5.97 Å². The fourth-order valence-electron chi connectivity index (χ4n) is 2.59. The van der Waals surface area contributed by atoms with Crippen LogP contribution in [0.2, 0.25) is 5.02 Å². The van der Waals surface area contributed by atoms with E-state index in [1.807, 2.05) is 6.07 Å². The molecule has 0 spiro atoms. The molecule has 3 rings (SSSR count). The molecule has 0 atom stereocenters. The van der Waals surface area contributed by atoms with Gasteiger partial charge in [-0.25, -0.2) is 4.79 Å². The van der Waals surface area contributed by atoms with Crippen LogP contribution in [-0.2, 0) is 4.79 Å². The number of ether oxygens (including phenoxy) is 1. The van der Waals surface area contributed by atoms with Crippen molar-refractivity contribution >= 4 is 35.2 Å². The summed E-state index contributed by atoms with van der Waals surface area (Å²) in [4.78, 5) is 23.6. The van der Waals surface area contributed by atoms with Gasteiger partial charge in [0.25, 0.3) is 5.91 Å². The lowest BCUT2D eigenvalue weighted by molar-refractivity contribution is -0.112. The molecule has 0 aliphatic carbocycles. The van der Waals surface area contributed by atoms with Crippen LogP contribution in [0.1, 0.15) is 16.1 Å². The largest absolute Gasteiger partial charge is 0.497 e. The first-order valence-corrected chi connectivity index (χ1v) is 8.99. The zero-order chi connectivity index (χ0) is 21.7. The molecule has 3 aromatic rings. The number of anilines is 1. The Balaban J connectivity index is 1.83. The molecule has 1 amide bonds. The Hall–Kier alpha value is -4.02. The van der Waals surface area contributed by atoms with Crippen molar-refractivity contribution in [3.63, 3.8) is 0 Å². The highest BCUT2D eigenvalue weighted by Gasteiger charge is 2.14. The monoisotopic (exact) mass is 422 g/mol. The van der Waals surface area contributed by atoms with Gasteiger partial charge in [0.1, 0.15) is 28.9 Å². The minimum absolute atomic E-state index is 0.0551. The summed E-state index contributed by atoms with van der Waals surface area (Å²) in [5.41, 5.74) is 0.772. The van der Waals surface area contributed by atoms with Crippen LogP contribution in [0.25, 0.3) is 17.4 Å². The number of furan rings is 1. The maximum absolute atomic E-state index is 12.4. The molecule has 0 aliphatic heterocycles. The molecule has 0 radical (unpaired) electrons. The van der Waals surface area contributed by atoms with Gasteiger partial charge < -0.3 is 19.6 Å². The van der Waals surface area contributed by atoms with Crippen LogP contribution in [0, 0.1) is 11.3 Å². The van der Waals surface area contributed by atoms with Crippen LogP contribution >= 0.6 is 11.6 Å². The lowest BCUT2D eigenvalue weighted by atomic mass is 10.1. The average molecular weight is 423 g/mol. The van der Waals surface area contributed by atoms with Gasteiger partial charge in [0, 0.05) is 17.3 Å². The Kier molecular flexibility index (Phi) is 6.20. The summed E-state index contributed by atoms with van der Waals surface area (Å²) >= 11 is 6.15. The highest BCUT2D eigenvalue weighted by molar-refractivity contribution is 6.33. The summed E-state index contributed by atoms with van der Waals surface area (Å²) in [6.45, 7) is 0. The van der Waals surface area contributed by atoms with E-state index in [9.17, 15) is 14.9 Å². The number of carbonyl (C=O) groups is 2. The van der Waals surface area contributed by atoms with Crippen LogP contribution in [0.4, 0.5) is 5.69 Å². The number of carboxylic acids is 1. The van der Waals surface area contributed by atoms with Crippen LogP contribution in [0.3, 0.4) is 0 Å². The zero-order valence-electron chi connectivity index (χ0n) is 15.7. The van der Waals surface area contributed by atoms with E-state index < -0.39 is 11.9 Å². The normalized spacial score (nSPS) is 10.9. The van der Waals surface area contributed by atoms with Gasteiger partial charge in [-0.3, -0.25) is 4.79 Å². The third-order valence-electron chi connectivity index (χ3n) is 4.11. The predicted octanol–water partition coefficient (Wildman–Crippen LogP) is 4.85. The third kappa shape index (κ3) is 4.69. The van der Waals surface area contributed by atoms with Crippen LogP contribution in [0.5, 0.6) is 5.75 Å². The van der Waals surface area contributed by atoms with Gasteiger partial charge in [0.15, 0.2) is 0 Å². The first-order valence-electron chi connectivity index (χ1n) is 8.61. The fourth-order valence-corrected chi connectivity index (χ4v) is 2.80. The summed E-state index contributed by atoms with van der Waals surface area (Å²) in [6, 6.07) is 15.9. The number of nitrogens with zero attached hydrogens (tertiary/aromatic N) is 1. The van der Waals surface area contributed by atoms with E-state index in [2.05, 4.69) is 5.32 Å². The number of amides is 1. The number of hydrogen-bond acceptors (Lipinski definition) is 5. The number of carbonyl (C=O) groups excluding carboxylic acids is 1. The molecule has 0 unspecified atom stereocenters. The second-order valence-corrected chi connectivity index (χ2v) is 6.46. The minimum Gasteiger partial charge on any atom is -0.497 e. The number of carboxylic acid groups (broad SMARTS) is 1. The topological polar surface area (TPSA) is 113 Å². The molecule has 0 bridgehead atoms. The molecule has 8 heteroatoms. The van der Waals surface area contributed by atoms with Crippen molar-refractivity contribution < 1.29 is 23.8 Å². The van der Waals surface area contributed by atoms with E-state index in [0.29, 0.717) is 27.8 Å². The summed E-state index contributed by atoms with van der Waals surface area (Å²) < 4.78 is 10.7. The fraction of sp³-hybridized carbons (Fsp3) is 0.0455. The number of nitriles is 1. The summed E-state index contributed by atoms with van der Waals surface area (Å²) in [7, 11) is 1.53. The predicted molar refractivity (Wildman–Crippen MR) is 111 cm³/mol. The lowest BCUT2D eigenvalue weighted by Crippen LogP contribution is -2.13. The molecule has 2 N–H and O–H groups in total. The highest BCUT2D eigenvalue weighted by Crippen LogP contribution is 2.31. The van der Waals surface area contributed by atoms with Crippen LogP contribution in [0.15, 0.2) is 64.6 Å². The number of aromatic carboxylic acids is 1. The number of nitrogens with one attached hydrogen (secondary N) is 1. The van der Waals surface area contributed by atoms with Crippen molar-refractivity contribution in [2.75, 3.05) is 12.4 Å². The van der Waals surface area contributed by atoms with Crippen molar-refractivity contribution in [2.24, 2.45) is 0 Å². The quantitative estimate of drug-likeness (QED) is 0.433. The molecule has 1 aromatic heterocycles. The van der Waals surface area contributed by atoms with Gasteiger partial charge in [-0.1, -0.05) is 11.6 Å². The number of hydrogen-bond donors (Lipinski definition) is 2. The van der Waals surface area contributed by atoms with Crippen LogP contribution < -0.4 is 10.1 Å². The molecule has 150 valence electrons. The first kappa shape index (κ1) is 20.7. The van der Waals surface area contributed by atoms with Crippen molar-refractivity contribution in [1.29, 1.82) is 5.26 Å². The number of rotatable bonds is 6. The van der Waals surface area contributed by atoms with E-state index in [0.717, 1.165) is 0 Å². The number of benzene rings is 2. The maximum atomic E-state index is 12.4. The molecular formula is C22H15ClN2O5. The first-order chi connectivity index (χ1) is 14.4. The summed E-state index contributed by atoms with van der Waals surface area (Å²) in [5.74, 6) is -0.517. The Morgan fingerprint density at radius 2 is 1.90 bits per heavy atom. The van der Waals surface area contributed by atoms with Gasteiger partial charge in [-0.15, -0.1) is 0 Å². The van der Waals surface area contributed by atoms with Gasteiger partial charge in [0.2, 0.25) is 0 Å². The lowest BCUT2D eigenvalue weighted by Gasteiger charge is -2.05. The van der Waals surface area contributed by atoms with E-state index in [1.54, 1.807) is 36.4 Å². The minimum atomic E-state index is -1.10. The molecular weight excluding hydrogens is 408 g/mol. The third-order valence-corrected chi connectivity index (χ3v) is 4.43. The molecule has 2 aromatic carbocycles. The van der Waals surface area contributed by atoms with Crippen molar-refractivity contribution in [2.45, 2.75) is 0 Å². The molecule has 0 fully saturated rings. The Morgan fingerprint density at radius 3 is 2.53 bits per heavy atom. The molecule has 0 saturated carbocycles. The number of halogens is 1. The average Bonchev–Trinajstić information content (AvgIpc) is 3.21. The molecule has 0 saturated heterocycles. The Morgan fingerprint density at radius 1 is 1.17 bits per heavy atom. The van der Waals surface area contributed by atoms with Gasteiger partial charge in [0.05, 0.1) is 17.7 Å². The number of methoxy groups -OCH3 is 1. The molecule has 1 heterocycles. The van der Waals surface area contributed by atoms with E-state index in [4.69, 9.17) is 25.9 Å². The SMILES string of the molecule is COc1ccc(NC(=O)C(C#N)=Cc2ccc(-c3cc(C(=O)O)ccc3Cl)o2)cc1. The standard InChI is InChI=1S/C22H15ClN2O5/c1-29-16-5-3-15(4-6-16)25-21(26)14(12-24)10-17-7-9-20(30-17)18-11-13(22(27)28)2-8-19(18)23/h2-11H,1H3,(H,25,26)(H,27,28). The second kappa shape index (κ2) is 8.99. The Labute approximate surface area is 176 Å². The maximum Gasteiger partial charge on any atom is 0.335 e. The van der Waals surface area contributed by atoms with E-state index in [1.165, 1.54) is 31.4 Å². The van der Waals surface area contributed by atoms with E-state index in [-0.39, 0.29) is 16.9 Å².